The number of aliphatic hydroxyl groups excluding tert-OH is 1. The molecular weight excluding hydrogens is 262 g/mol. The number of rotatable bonds is 4. The molecule has 0 amide bonds. The normalized spacial score (nSPS) is 19.9. The summed E-state index contributed by atoms with van der Waals surface area (Å²) < 4.78 is 26.3. The first kappa shape index (κ1) is 14.3. The molecule has 0 saturated carbocycles. The Hall–Kier alpha value is -1.07. The van der Waals surface area contributed by atoms with Crippen LogP contribution in [0.4, 0.5) is 5.69 Å². The molecule has 1 heterocycles. The van der Waals surface area contributed by atoms with Crippen molar-refractivity contribution in [3.8, 4) is 0 Å². The summed E-state index contributed by atoms with van der Waals surface area (Å²) in [5, 5.41) is 10.1. The van der Waals surface area contributed by atoms with Gasteiger partial charge in [0.05, 0.1) is 17.5 Å². The number of anilines is 1. The summed E-state index contributed by atoms with van der Waals surface area (Å²) >= 11 is 0. The van der Waals surface area contributed by atoms with E-state index < -0.39 is 16.1 Å². The van der Waals surface area contributed by atoms with Gasteiger partial charge in [-0.25, -0.2) is 8.42 Å². The number of hydrogen-bond acceptors (Lipinski definition) is 3. The molecule has 2 rings (SSSR count). The maximum atomic E-state index is 12.4. The van der Waals surface area contributed by atoms with E-state index in [1.54, 1.807) is 6.07 Å². The lowest BCUT2D eigenvalue weighted by Gasteiger charge is -2.24. The smallest absolute Gasteiger partial charge is 0.235 e. The van der Waals surface area contributed by atoms with Crippen LogP contribution >= 0.6 is 0 Å². The highest BCUT2D eigenvalue weighted by Crippen LogP contribution is 2.34. The SMILES string of the molecule is CCCCS(=O)(=O)N1CCCC(O)c2ccccc21. The fourth-order valence-electron chi connectivity index (χ4n) is 2.43. The Bertz CT molecular complexity index is 527. The topological polar surface area (TPSA) is 57.6 Å². The first-order valence-electron chi connectivity index (χ1n) is 6.83. The maximum Gasteiger partial charge on any atom is 0.235 e. The Balaban J connectivity index is 2.38. The molecule has 0 aromatic heterocycles. The van der Waals surface area contributed by atoms with Gasteiger partial charge < -0.3 is 5.11 Å². The minimum absolute atomic E-state index is 0.175. The largest absolute Gasteiger partial charge is 0.388 e. The highest BCUT2D eigenvalue weighted by molar-refractivity contribution is 7.92. The van der Waals surface area contributed by atoms with E-state index in [4.69, 9.17) is 0 Å². The lowest BCUT2D eigenvalue weighted by Crippen LogP contribution is -2.33. The molecule has 0 radical (unpaired) electrons. The Morgan fingerprint density at radius 1 is 1.37 bits per heavy atom. The third kappa shape index (κ3) is 3.09. The summed E-state index contributed by atoms with van der Waals surface area (Å²) in [5.41, 5.74) is 1.36. The van der Waals surface area contributed by atoms with Gasteiger partial charge in [-0.3, -0.25) is 4.31 Å². The van der Waals surface area contributed by atoms with Gasteiger partial charge in [0, 0.05) is 12.1 Å². The Labute approximate surface area is 115 Å². The summed E-state index contributed by atoms with van der Waals surface area (Å²) in [5.74, 6) is 0.175. The Kier molecular flexibility index (Phi) is 4.47. The van der Waals surface area contributed by atoms with E-state index in [0.29, 0.717) is 31.5 Å². The number of hydrogen-bond donors (Lipinski definition) is 1. The molecule has 0 bridgehead atoms. The molecule has 1 aliphatic heterocycles. The molecule has 4 nitrogen and oxygen atoms in total. The lowest BCUT2D eigenvalue weighted by molar-refractivity contribution is 0.168. The van der Waals surface area contributed by atoms with Gasteiger partial charge in [0.1, 0.15) is 0 Å². The summed E-state index contributed by atoms with van der Waals surface area (Å²) in [6, 6.07) is 7.25. The standard InChI is InChI=1S/C14H21NO3S/c1-2-3-11-19(17,18)15-10-6-9-14(16)12-7-4-5-8-13(12)15/h4-5,7-8,14,16H,2-3,6,9-11H2,1H3. The van der Waals surface area contributed by atoms with Gasteiger partial charge in [-0.2, -0.15) is 0 Å². The zero-order valence-electron chi connectivity index (χ0n) is 11.2. The van der Waals surface area contributed by atoms with Crippen LogP contribution in [0, 0.1) is 0 Å². The lowest BCUT2D eigenvalue weighted by atomic mass is 10.1. The second kappa shape index (κ2) is 5.92. The predicted octanol–water partition coefficient (Wildman–Crippen LogP) is 2.45. The van der Waals surface area contributed by atoms with E-state index in [0.717, 1.165) is 12.0 Å². The maximum absolute atomic E-state index is 12.4. The minimum Gasteiger partial charge on any atom is -0.388 e. The molecule has 1 aromatic carbocycles. The van der Waals surface area contributed by atoms with Crippen LogP contribution < -0.4 is 4.31 Å². The number of benzene rings is 1. The van der Waals surface area contributed by atoms with Gasteiger partial charge in [0.2, 0.25) is 10.0 Å². The van der Waals surface area contributed by atoms with Gasteiger partial charge >= 0.3 is 0 Å². The van der Waals surface area contributed by atoms with E-state index in [9.17, 15) is 13.5 Å². The van der Waals surface area contributed by atoms with Crippen molar-refractivity contribution in [2.24, 2.45) is 0 Å². The third-order valence-electron chi connectivity index (χ3n) is 3.49. The molecule has 0 aliphatic carbocycles. The monoisotopic (exact) mass is 283 g/mol. The predicted molar refractivity (Wildman–Crippen MR) is 76.7 cm³/mol. The molecule has 0 fully saturated rings. The number of para-hydroxylation sites is 1. The molecule has 0 spiro atoms. The van der Waals surface area contributed by atoms with Gasteiger partial charge in [-0.15, -0.1) is 0 Å². The fourth-order valence-corrected chi connectivity index (χ4v) is 4.17. The zero-order valence-corrected chi connectivity index (χ0v) is 12.1. The third-order valence-corrected chi connectivity index (χ3v) is 5.35. The first-order chi connectivity index (χ1) is 9.06. The molecule has 0 saturated heterocycles. The number of unbranched alkanes of at least 4 members (excludes halogenated alkanes) is 1. The van der Waals surface area contributed by atoms with E-state index in [-0.39, 0.29) is 5.75 Å². The van der Waals surface area contributed by atoms with Crippen LogP contribution in [0.3, 0.4) is 0 Å². The molecule has 1 aromatic rings. The van der Waals surface area contributed by atoms with Crippen LogP contribution in [0.5, 0.6) is 0 Å². The first-order valence-corrected chi connectivity index (χ1v) is 8.44. The summed E-state index contributed by atoms with van der Waals surface area (Å²) in [7, 11) is -3.28. The van der Waals surface area contributed by atoms with Crippen LogP contribution in [0.25, 0.3) is 0 Å². The Morgan fingerprint density at radius 3 is 2.84 bits per heavy atom. The Morgan fingerprint density at radius 2 is 2.11 bits per heavy atom. The number of sulfonamides is 1. The van der Waals surface area contributed by atoms with Gasteiger partial charge in [-0.1, -0.05) is 31.5 Å². The second-order valence-electron chi connectivity index (χ2n) is 4.96. The highest BCUT2D eigenvalue weighted by atomic mass is 32.2. The quantitative estimate of drug-likeness (QED) is 0.923. The average Bonchev–Trinajstić information content (AvgIpc) is 2.57. The highest BCUT2D eigenvalue weighted by Gasteiger charge is 2.28. The van der Waals surface area contributed by atoms with Crippen molar-refractivity contribution < 1.29 is 13.5 Å². The molecule has 1 unspecified atom stereocenters. The van der Waals surface area contributed by atoms with Crippen LogP contribution in [0.15, 0.2) is 24.3 Å². The molecule has 5 heteroatoms. The van der Waals surface area contributed by atoms with Crippen molar-refractivity contribution in [2.45, 2.75) is 38.7 Å². The van der Waals surface area contributed by atoms with E-state index in [1.165, 1.54) is 4.31 Å². The van der Waals surface area contributed by atoms with Crippen molar-refractivity contribution >= 4 is 15.7 Å². The summed E-state index contributed by atoms with van der Waals surface area (Å²) in [6.45, 7) is 2.44. The van der Waals surface area contributed by atoms with Crippen LogP contribution in [-0.4, -0.2) is 25.8 Å². The van der Waals surface area contributed by atoms with Crippen molar-refractivity contribution in [1.82, 2.24) is 0 Å². The summed E-state index contributed by atoms with van der Waals surface area (Å²) in [4.78, 5) is 0. The van der Waals surface area contributed by atoms with E-state index >= 15 is 0 Å². The van der Waals surface area contributed by atoms with Gasteiger partial charge in [-0.05, 0) is 25.3 Å². The average molecular weight is 283 g/mol. The molecule has 1 aliphatic rings. The van der Waals surface area contributed by atoms with Gasteiger partial charge in [0.25, 0.3) is 0 Å². The van der Waals surface area contributed by atoms with Crippen LogP contribution in [0.1, 0.15) is 44.3 Å². The van der Waals surface area contributed by atoms with E-state index in [2.05, 4.69) is 0 Å². The molecule has 106 valence electrons. The fraction of sp³-hybridized carbons (Fsp3) is 0.571. The summed E-state index contributed by atoms with van der Waals surface area (Å²) in [6.07, 6.45) is 2.25. The molecular formula is C14H21NO3S. The zero-order chi connectivity index (χ0) is 13.9. The molecule has 1 atom stereocenters. The van der Waals surface area contributed by atoms with Crippen LogP contribution in [0.2, 0.25) is 0 Å². The molecule has 19 heavy (non-hydrogen) atoms. The van der Waals surface area contributed by atoms with Crippen molar-refractivity contribution in [3.63, 3.8) is 0 Å². The van der Waals surface area contributed by atoms with Gasteiger partial charge in [0.15, 0.2) is 0 Å². The van der Waals surface area contributed by atoms with Crippen LogP contribution in [-0.2, 0) is 10.0 Å². The van der Waals surface area contributed by atoms with Crippen molar-refractivity contribution in [3.05, 3.63) is 29.8 Å². The number of fused-ring (bicyclic) bond motifs is 1. The molecule has 1 N–H and O–H groups in total. The number of nitrogens with zero attached hydrogens (tertiary/aromatic N) is 1. The van der Waals surface area contributed by atoms with E-state index in [1.807, 2.05) is 25.1 Å². The second-order valence-corrected chi connectivity index (χ2v) is 6.97. The van der Waals surface area contributed by atoms with Crippen molar-refractivity contribution in [1.29, 1.82) is 0 Å². The number of aliphatic hydroxyl groups is 1. The minimum atomic E-state index is -3.28. The van der Waals surface area contributed by atoms with Crippen molar-refractivity contribution in [2.75, 3.05) is 16.6 Å².